The Morgan fingerprint density at radius 1 is 1.08 bits per heavy atom. The average Bonchev–Trinajstić information content (AvgIpc) is 3.01. The second kappa shape index (κ2) is 4.85. The van der Waals surface area contributed by atoms with Gasteiger partial charge in [0, 0.05) is 11.3 Å². The van der Waals surface area contributed by atoms with Crippen molar-refractivity contribution in [1.29, 1.82) is 0 Å². The Bertz CT molecular complexity index is 573. The summed E-state index contributed by atoms with van der Waals surface area (Å²) in [5.41, 5.74) is 0.183. The molecule has 1 saturated heterocycles. The van der Waals surface area contributed by atoms with E-state index < -0.39 is 0 Å². The van der Waals surface area contributed by atoms with Crippen molar-refractivity contribution in [2.75, 3.05) is 0 Å². The lowest BCUT2D eigenvalue weighted by atomic mass is 9.44. The van der Waals surface area contributed by atoms with Crippen LogP contribution in [0.5, 0.6) is 0 Å². The third-order valence-corrected chi connectivity index (χ3v) is 9.44. The fourth-order valence-corrected chi connectivity index (χ4v) is 8.33. The minimum Gasteiger partial charge on any atom is -0.393 e. The fourth-order valence-electron chi connectivity index (χ4n) is 8.33. The lowest BCUT2D eigenvalue weighted by Crippen LogP contribution is -2.62. The molecule has 0 aromatic heterocycles. The van der Waals surface area contributed by atoms with Crippen LogP contribution in [-0.2, 0) is 9.53 Å². The highest BCUT2D eigenvalue weighted by Crippen LogP contribution is 2.69. The maximum atomic E-state index is 13.7. The highest BCUT2D eigenvalue weighted by molar-refractivity contribution is 5.89. The molecular weight excluding hydrogens is 300 g/mol. The Kier molecular flexibility index (Phi) is 3.20. The van der Waals surface area contributed by atoms with E-state index in [2.05, 4.69) is 20.8 Å². The van der Waals surface area contributed by atoms with Gasteiger partial charge < -0.3 is 9.84 Å². The molecule has 0 radical (unpaired) electrons. The molecule has 24 heavy (non-hydrogen) atoms. The number of carbonyl (C=O) groups is 1. The van der Waals surface area contributed by atoms with Crippen molar-refractivity contribution in [3.63, 3.8) is 0 Å². The molecule has 5 rings (SSSR count). The van der Waals surface area contributed by atoms with Gasteiger partial charge in [-0.15, -0.1) is 0 Å². The van der Waals surface area contributed by atoms with Gasteiger partial charge in [0.2, 0.25) is 0 Å². The van der Waals surface area contributed by atoms with Gasteiger partial charge in [0.25, 0.3) is 0 Å². The Morgan fingerprint density at radius 3 is 2.62 bits per heavy atom. The smallest absolute Gasteiger partial charge is 0.166 e. The molecule has 5 aliphatic rings. The van der Waals surface area contributed by atoms with Crippen molar-refractivity contribution < 1.29 is 14.6 Å². The first kappa shape index (κ1) is 15.8. The Balaban J connectivity index is 1.57. The van der Waals surface area contributed by atoms with Crippen LogP contribution in [-0.4, -0.2) is 29.2 Å². The third-order valence-electron chi connectivity index (χ3n) is 9.44. The quantitative estimate of drug-likeness (QED) is 0.737. The highest BCUT2D eigenvalue weighted by atomic mass is 16.5. The molecule has 3 nitrogen and oxygen atoms in total. The molecule has 0 aromatic rings. The van der Waals surface area contributed by atoms with Gasteiger partial charge in [0.05, 0.1) is 12.2 Å². The third kappa shape index (κ3) is 1.69. The van der Waals surface area contributed by atoms with Crippen LogP contribution < -0.4 is 0 Å². The Morgan fingerprint density at radius 2 is 1.83 bits per heavy atom. The van der Waals surface area contributed by atoms with Crippen molar-refractivity contribution in [2.45, 2.75) is 84.0 Å². The molecule has 1 heterocycles. The lowest BCUT2D eigenvalue weighted by molar-refractivity contribution is -0.176. The zero-order valence-corrected chi connectivity index (χ0v) is 15.3. The SMILES string of the molecule is CC1OC2C(=O)C3C(CCC4CC(O)CCC43C)C3CCC1C23C. The molecule has 1 aliphatic heterocycles. The normalized spacial score (nSPS) is 62.1. The van der Waals surface area contributed by atoms with Crippen LogP contribution in [0.1, 0.15) is 65.7 Å². The second-order valence-corrected chi connectivity index (χ2v) is 10.1. The monoisotopic (exact) mass is 332 g/mol. The number of hydrogen-bond acceptors (Lipinski definition) is 3. The number of aliphatic hydroxyl groups is 1. The van der Waals surface area contributed by atoms with Crippen molar-refractivity contribution in [2.24, 2.45) is 40.4 Å². The van der Waals surface area contributed by atoms with E-state index >= 15 is 0 Å². The van der Waals surface area contributed by atoms with Crippen LogP contribution in [0.4, 0.5) is 0 Å². The average molecular weight is 332 g/mol. The molecule has 0 amide bonds. The number of rotatable bonds is 0. The number of ether oxygens (including phenoxy) is 1. The first-order chi connectivity index (χ1) is 11.4. The molecule has 10 atom stereocenters. The Labute approximate surface area is 145 Å². The molecular formula is C21H32O3. The van der Waals surface area contributed by atoms with E-state index in [1.165, 1.54) is 25.7 Å². The van der Waals surface area contributed by atoms with E-state index in [1.54, 1.807) is 0 Å². The van der Waals surface area contributed by atoms with Gasteiger partial charge in [-0.2, -0.15) is 0 Å². The predicted molar refractivity (Wildman–Crippen MR) is 91.3 cm³/mol. The van der Waals surface area contributed by atoms with Crippen LogP contribution >= 0.6 is 0 Å². The van der Waals surface area contributed by atoms with E-state index in [-0.39, 0.29) is 35.1 Å². The van der Waals surface area contributed by atoms with Crippen molar-refractivity contribution in [3.05, 3.63) is 0 Å². The number of hydrogen-bond donors (Lipinski definition) is 1. The summed E-state index contributed by atoms with van der Waals surface area (Å²) in [5, 5.41) is 10.1. The summed E-state index contributed by atoms with van der Waals surface area (Å²) in [6, 6.07) is 0. The molecule has 1 N–H and O–H groups in total. The van der Waals surface area contributed by atoms with Crippen LogP contribution in [0.2, 0.25) is 0 Å². The van der Waals surface area contributed by atoms with Gasteiger partial charge in [0.15, 0.2) is 5.78 Å². The maximum Gasteiger partial charge on any atom is 0.166 e. The summed E-state index contributed by atoms with van der Waals surface area (Å²) >= 11 is 0. The number of carbonyl (C=O) groups excluding carboxylic acids is 1. The molecule has 4 saturated carbocycles. The first-order valence-electron chi connectivity index (χ1n) is 10.2. The first-order valence-corrected chi connectivity index (χ1v) is 10.2. The second-order valence-electron chi connectivity index (χ2n) is 10.1. The molecule has 5 fully saturated rings. The predicted octanol–water partition coefficient (Wildman–Crippen LogP) is 3.58. The van der Waals surface area contributed by atoms with Gasteiger partial charge >= 0.3 is 0 Å². The minimum atomic E-state index is -0.159. The van der Waals surface area contributed by atoms with Crippen LogP contribution in [0.3, 0.4) is 0 Å². The topological polar surface area (TPSA) is 46.5 Å². The Hall–Kier alpha value is -0.410. The molecule has 0 aromatic carbocycles. The highest BCUT2D eigenvalue weighted by Gasteiger charge is 2.70. The van der Waals surface area contributed by atoms with Gasteiger partial charge in [-0.25, -0.2) is 0 Å². The largest absolute Gasteiger partial charge is 0.393 e. The van der Waals surface area contributed by atoms with E-state index in [1.807, 2.05) is 0 Å². The van der Waals surface area contributed by atoms with Crippen LogP contribution in [0.25, 0.3) is 0 Å². The zero-order chi connectivity index (χ0) is 16.9. The summed E-state index contributed by atoms with van der Waals surface area (Å²) in [6.07, 6.45) is 7.66. The number of ketones is 1. The van der Waals surface area contributed by atoms with E-state index in [4.69, 9.17) is 4.74 Å². The minimum absolute atomic E-state index is 0.0911. The van der Waals surface area contributed by atoms with Gasteiger partial charge in [0.1, 0.15) is 6.10 Å². The van der Waals surface area contributed by atoms with Gasteiger partial charge in [-0.05, 0) is 81.0 Å². The van der Waals surface area contributed by atoms with Crippen LogP contribution in [0, 0.1) is 40.4 Å². The van der Waals surface area contributed by atoms with Crippen molar-refractivity contribution in [1.82, 2.24) is 0 Å². The standard InChI is InChI=1S/C21H32O3/c1-11-15-6-7-16-14-5-4-12-10-13(22)8-9-20(12,2)17(14)18(23)19(24-11)21(15,16)3/h11-17,19,22H,4-10H2,1-3H3. The van der Waals surface area contributed by atoms with Crippen molar-refractivity contribution >= 4 is 5.78 Å². The van der Waals surface area contributed by atoms with E-state index in [9.17, 15) is 9.90 Å². The molecule has 10 unspecified atom stereocenters. The molecule has 4 aliphatic carbocycles. The summed E-state index contributed by atoms with van der Waals surface area (Å²) in [7, 11) is 0. The summed E-state index contributed by atoms with van der Waals surface area (Å²) in [6.45, 7) is 6.93. The summed E-state index contributed by atoms with van der Waals surface area (Å²) in [4.78, 5) is 13.7. The van der Waals surface area contributed by atoms with Crippen LogP contribution in [0.15, 0.2) is 0 Å². The maximum absolute atomic E-state index is 13.7. The number of aliphatic hydroxyl groups excluding tert-OH is 1. The van der Waals surface area contributed by atoms with E-state index in [0.29, 0.717) is 29.5 Å². The number of Topliss-reactive ketones (excluding diaryl/α,β-unsaturated/α-hetero) is 1. The molecule has 0 bridgehead atoms. The molecule has 3 heteroatoms. The molecule has 134 valence electrons. The molecule has 0 spiro atoms. The fraction of sp³-hybridized carbons (Fsp3) is 0.952. The number of fused-ring (bicyclic) bond motifs is 4. The van der Waals surface area contributed by atoms with Crippen molar-refractivity contribution in [3.8, 4) is 0 Å². The lowest BCUT2D eigenvalue weighted by Gasteiger charge is -2.60. The van der Waals surface area contributed by atoms with E-state index in [0.717, 1.165) is 19.3 Å². The zero-order valence-electron chi connectivity index (χ0n) is 15.3. The summed E-state index contributed by atoms with van der Waals surface area (Å²) in [5.74, 6) is 2.94. The van der Waals surface area contributed by atoms with Gasteiger partial charge in [-0.3, -0.25) is 4.79 Å². The van der Waals surface area contributed by atoms with Gasteiger partial charge in [-0.1, -0.05) is 13.8 Å². The summed E-state index contributed by atoms with van der Waals surface area (Å²) < 4.78 is 6.31.